The van der Waals surface area contributed by atoms with E-state index in [0.29, 0.717) is 11.8 Å². The van der Waals surface area contributed by atoms with Crippen molar-refractivity contribution in [3.8, 4) is 11.1 Å². The van der Waals surface area contributed by atoms with Crippen molar-refractivity contribution in [2.45, 2.75) is 50.4 Å². The van der Waals surface area contributed by atoms with Gasteiger partial charge in [-0.05, 0) is 132 Å². The number of rotatable bonds is 1. The lowest BCUT2D eigenvalue weighted by Gasteiger charge is -2.61. The zero-order valence-electron chi connectivity index (χ0n) is 17.4. The minimum atomic E-state index is -0.253. The number of halogens is 3. The van der Waals surface area contributed by atoms with Gasteiger partial charge >= 0.3 is 0 Å². The number of benzene rings is 2. The molecule has 2 aromatic rings. The van der Waals surface area contributed by atoms with Crippen LogP contribution in [0.15, 0.2) is 47.5 Å². The van der Waals surface area contributed by atoms with Crippen LogP contribution in [-0.2, 0) is 5.41 Å². The first kappa shape index (κ1) is 18.6. The van der Waals surface area contributed by atoms with Gasteiger partial charge in [-0.15, -0.1) is 0 Å². The minimum Gasteiger partial charge on any atom is -0.207 e. The van der Waals surface area contributed by atoms with Crippen molar-refractivity contribution < 1.29 is 8.78 Å². The van der Waals surface area contributed by atoms with E-state index >= 15 is 4.39 Å². The first-order chi connectivity index (χ1) is 15.1. The molecule has 6 aliphatic rings. The Kier molecular flexibility index (Phi) is 3.79. The van der Waals surface area contributed by atoms with Gasteiger partial charge in [-0.2, -0.15) is 0 Å². The number of fused-ring (bicyclic) bond motifs is 3. The second kappa shape index (κ2) is 6.32. The van der Waals surface area contributed by atoms with Crippen molar-refractivity contribution in [3.05, 3.63) is 75.8 Å². The number of allylic oxidation sites excluding steroid dienone is 4. The van der Waals surface area contributed by atoms with E-state index in [1.165, 1.54) is 43.2 Å². The molecule has 4 saturated carbocycles. The molecule has 0 atom stereocenters. The largest absolute Gasteiger partial charge is 0.207 e. The maximum atomic E-state index is 15.0. The van der Waals surface area contributed by atoms with Crippen molar-refractivity contribution in [2.75, 3.05) is 0 Å². The average Bonchev–Trinajstić information content (AvgIpc) is 3.02. The van der Waals surface area contributed by atoms with Gasteiger partial charge < -0.3 is 0 Å². The van der Waals surface area contributed by atoms with E-state index in [2.05, 4.69) is 6.08 Å². The third-order valence-electron chi connectivity index (χ3n) is 9.10. The number of hydrogen-bond donors (Lipinski definition) is 0. The van der Waals surface area contributed by atoms with Crippen molar-refractivity contribution in [1.82, 2.24) is 0 Å². The highest BCUT2D eigenvalue weighted by molar-refractivity contribution is 6.34. The van der Waals surface area contributed by atoms with Gasteiger partial charge in [0.2, 0.25) is 0 Å². The smallest absolute Gasteiger partial charge is 0.124 e. The van der Waals surface area contributed by atoms with E-state index in [0.717, 1.165) is 52.0 Å². The molecule has 0 saturated heterocycles. The molecule has 3 heteroatoms. The van der Waals surface area contributed by atoms with Gasteiger partial charge in [0.15, 0.2) is 0 Å². The van der Waals surface area contributed by atoms with Gasteiger partial charge in [0, 0.05) is 10.4 Å². The molecule has 158 valence electrons. The molecule has 8 rings (SSSR count). The van der Waals surface area contributed by atoms with Crippen LogP contribution in [0.4, 0.5) is 8.78 Å². The van der Waals surface area contributed by atoms with E-state index in [9.17, 15) is 4.39 Å². The summed E-state index contributed by atoms with van der Waals surface area (Å²) in [4.78, 5) is 0. The third-order valence-corrected chi connectivity index (χ3v) is 9.45. The average molecular weight is 435 g/mol. The first-order valence-corrected chi connectivity index (χ1v) is 12.1. The summed E-state index contributed by atoms with van der Waals surface area (Å²) in [6.07, 6.45) is 12.1. The van der Waals surface area contributed by atoms with Crippen LogP contribution in [0.3, 0.4) is 0 Å². The summed E-state index contributed by atoms with van der Waals surface area (Å²) in [6.45, 7) is 0. The summed E-state index contributed by atoms with van der Waals surface area (Å²) in [7, 11) is 0. The van der Waals surface area contributed by atoms with E-state index < -0.39 is 0 Å². The molecule has 1 spiro atoms. The molecule has 0 nitrogen and oxygen atoms in total. The SMILES string of the molecule is Fc1ccc2c(c1)-c1cc(F)cc(C3=C(Cl)C=CCC3)c1C21C2CC3CC(C2)CC1C3. The Morgan fingerprint density at radius 1 is 0.806 bits per heavy atom. The predicted molar refractivity (Wildman–Crippen MR) is 121 cm³/mol. The first-order valence-electron chi connectivity index (χ1n) is 11.8. The lowest BCUT2D eigenvalue weighted by Crippen LogP contribution is -2.55. The summed E-state index contributed by atoms with van der Waals surface area (Å²) in [5, 5.41) is 0.722. The molecule has 0 unspecified atom stereocenters. The molecule has 0 amide bonds. The van der Waals surface area contributed by atoms with Gasteiger partial charge in [-0.3, -0.25) is 0 Å². The highest BCUT2D eigenvalue weighted by Gasteiger charge is 2.62. The van der Waals surface area contributed by atoms with Crippen LogP contribution < -0.4 is 0 Å². The zero-order valence-corrected chi connectivity index (χ0v) is 18.2. The molecule has 31 heavy (non-hydrogen) atoms. The second-order valence-electron chi connectivity index (χ2n) is 10.5. The Hall–Kier alpha value is -1.93. The minimum absolute atomic E-state index is 0.125. The Labute approximate surface area is 187 Å². The molecule has 0 aliphatic heterocycles. The van der Waals surface area contributed by atoms with Crippen molar-refractivity contribution in [3.63, 3.8) is 0 Å². The Morgan fingerprint density at radius 3 is 2.19 bits per heavy atom. The Balaban J connectivity index is 1.58. The third kappa shape index (κ3) is 2.35. The maximum absolute atomic E-state index is 15.0. The molecule has 4 fully saturated rings. The van der Waals surface area contributed by atoms with Crippen molar-refractivity contribution in [1.29, 1.82) is 0 Å². The lowest BCUT2D eigenvalue weighted by atomic mass is 9.42. The summed E-state index contributed by atoms with van der Waals surface area (Å²) in [5.41, 5.74) is 6.23. The van der Waals surface area contributed by atoms with E-state index in [4.69, 9.17) is 11.6 Å². The maximum Gasteiger partial charge on any atom is 0.124 e. The summed E-state index contributed by atoms with van der Waals surface area (Å²) >= 11 is 6.70. The monoisotopic (exact) mass is 434 g/mol. The quantitative estimate of drug-likeness (QED) is 0.426. The fraction of sp³-hybridized carbons (Fsp3) is 0.429. The summed E-state index contributed by atoms with van der Waals surface area (Å²) in [5.74, 6) is 2.26. The number of hydrogen-bond acceptors (Lipinski definition) is 0. The Bertz CT molecular complexity index is 1160. The lowest BCUT2D eigenvalue weighted by molar-refractivity contribution is -0.0400. The normalized spacial score (nSPS) is 34.5. The zero-order chi connectivity index (χ0) is 20.9. The molecule has 2 aromatic carbocycles. The fourth-order valence-electron chi connectivity index (χ4n) is 8.41. The summed E-state index contributed by atoms with van der Waals surface area (Å²) in [6, 6.07) is 8.65. The molecule has 4 bridgehead atoms. The molecule has 6 aliphatic carbocycles. The highest BCUT2D eigenvalue weighted by atomic mass is 35.5. The van der Waals surface area contributed by atoms with Crippen molar-refractivity contribution in [2.24, 2.45) is 23.7 Å². The molecule has 0 heterocycles. The van der Waals surface area contributed by atoms with E-state index in [1.807, 2.05) is 12.1 Å². The standard InChI is InChI=1S/C28H25ClF2/c29-26-4-2-1-3-21(26)23-13-20(31)14-24-22-12-19(30)5-6-25(22)28(27(23)24)17-8-15-7-16(10-17)11-18(28)9-15/h2,4-6,12-18H,1,3,7-11H2. The Morgan fingerprint density at radius 2 is 1.48 bits per heavy atom. The fourth-order valence-corrected chi connectivity index (χ4v) is 8.70. The van der Waals surface area contributed by atoms with Gasteiger partial charge in [0.05, 0.1) is 0 Å². The van der Waals surface area contributed by atoms with Gasteiger partial charge in [0.1, 0.15) is 11.6 Å². The van der Waals surface area contributed by atoms with Gasteiger partial charge in [0.25, 0.3) is 0 Å². The van der Waals surface area contributed by atoms with Crippen LogP contribution in [0.2, 0.25) is 0 Å². The molecule has 0 radical (unpaired) electrons. The van der Waals surface area contributed by atoms with Crippen LogP contribution in [-0.4, -0.2) is 0 Å². The van der Waals surface area contributed by atoms with Crippen LogP contribution in [0, 0.1) is 35.3 Å². The van der Waals surface area contributed by atoms with Gasteiger partial charge in [-0.1, -0.05) is 23.7 Å². The highest BCUT2D eigenvalue weighted by Crippen LogP contribution is 2.70. The van der Waals surface area contributed by atoms with Crippen LogP contribution in [0.1, 0.15) is 61.6 Å². The molecule has 0 N–H and O–H groups in total. The topological polar surface area (TPSA) is 0 Å². The van der Waals surface area contributed by atoms with Crippen LogP contribution in [0.5, 0.6) is 0 Å². The molecular weight excluding hydrogens is 410 g/mol. The summed E-state index contributed by atoms with van der Waals surface area (Å²) < 4.78 is 29.5. The van der Waals surface area contributed by atoms with Crippen LogP contribution >= 0.6 is 11.6 Å². The van der Waals surface area contributed by atoms with Crippen molar-refractivity contribution >= 4 is 17.2 Å². The van der Waals surface area contributed by atoms with Gasteiger partial charge in [-0.25, -0.2) is 8.78 Å². The predicted octanol–water partition coefficient (Wildman–Crippen LogP) is 7.99. The second-order valence-corrected chi connectivity index (χ2v) is 10.9. The molecular formula is C28H25ClF2. The van der Waals surface area contributed by atoms with E-state index in [1.54, 1.807) is 24.3 Å². The van der Waals surface area contributed by atoms with Crippen LogP contribution in [0.25, 0.3) is 16.7 Å². The van der Waals surface area contributed by atoms with E-state index in [-0.39, 0.29) is 17.0 Å². The molecule has 0 aromatic heterocycles.